The van der Waals surface area contributed by atoms with E-state index in [-0.39, 0.29) is 6.04 Å². The third kappa shape index (κ3) is 3.51. The van der Waals surface area contributed by atoms with Gasteiger partial charge in [0.1, 0.15) is 6.61 Å². The molecule has 0 saturated carbocycles. The third-order valence-electron chi connectivity index (χ3n) is 3.05. The topological polar surface area (TPSA) is 51.2 Å². The Hall–Kier alpha value is -2.22. The molecule has 1 amide bonds. The van der Waals surface area contributed by atoms with E-state index in [0.717, 1.165) is 16.7 Å². The third-order valence-corrected chi connectivity index (χ3v) is 3.49. The summed E-state index contributed by atoms with van der Waals surface area (Å²) in [5.41, 5.74) is 2.30. The molecule has 0 spiro atoms. The van der Waals surface area contributed by atoms with Crippen LogP contribution in [0.25, 0.3) is 0 Å². The first-order valence-corrected chi connectivity index (χ1v) is 7.22. The van der Waals surface area contributed by atoms with Crippen molar-refractivity contribution in [3.05, 3.63) is 63.4 Å². The molecule has 1 N–H and O–H groups in total. The Labute approximate surface area is 137 Å². The van der Waals surface area contributed by atoms with E-state index in [0.29, 0.717) is 16.7 Å². The van der Waals surface area contributed by atoms with E-state index in [1.807, 2.05) is 6.07 Å². The minimum Gasteiger partial charge on any atom is -0.447 e. The summed E-state index contributed by atoms with van der Waals surface area (Å²) in [4.78, 5) is 15.2. The van der Waals surface area contributed by atoms with Gasteiger partial charge in [-0.3, -0.25) is 4.98 Å². The van der Waals surface area contributed by atoms with Crippen LogP contribution in [0.2, 0.25) is 10.0 Å². The van der Waals surface area contributed by atoms with Gasteiger partial charge in [0.15, 0.2) is 0 Å². The van der Waals surface area contributed by atoms with Crippen molar-refractivity contribution in [3.63, 3.8) is 0 Å². The van der Waals surface area contributed by atoms with Crippen molar-refractivity contribution in [2.24, 2.45) is 0 Å². The molecule has 1 aliphatic rings. The van der Waals surface area contributed by atoms with Crippen molar-refractivity contribution in [1.82, 2.24) is 10.3 Å². The van der Waals surface area contributed by atoms with Crippen molar-refractivity contribution in [2.45, 2.75) is 6.04 Å². The van der Waals surface area contributed by atoms with E-state index in [4.69, 9.17) is 27.9 Å². The molecule has 4 nitrogen and oxygen atoms in total. The minimum absolute atomic E-state index is 0.192. The van der Waals surface area contributed by atoms with Crippen LogP contribution in [-0.4, -0.2) is 17.7 Å². The summed E-state index contributed by atoms with van der Waals surface area (Å²) in [5.74, 6) is 6.00. The Balaban J connectivity index is 1.84. The molecule has 1 fully saturated rings. The van der Waals surface area contributed by atoms with Gasteiger partial charge in [0.2, 0.25) is 0 Å². The lowest BCUT2D eigenvalue weighted by Crippen LogP contribution is -2.18. The van der Waals surface area contributed by atoms with Crippen LogP contribution in [0.3, 0.4) is 0 Å². The number of aromatic nitrogens is 1. The summed E-state index contributed by atoms with van der Waals surface area (Å²) in [7, 11) is 0. The van der Waals surface area contributed by atoms with Gasteiger partial charge in [-0.1, -0.05) is 35.0 Å². The SMILES string of the molecule is O=C1NC(c2cncc(C#Cc3cc(Cl)cc(Cl)c3)c2)CO1. The van der Waals surface area contributed by atoms with Gasteiger partial charge >= 0.3 is 6.09 Å². The second-order valence-corrected chi connectivity index (χ2v) is 5.58. The van der Waals surface area contributed by atoms with Gasteiger partial charge in [0.25, 0.3) is 0 Å². The highest BCUT2D eigenvalue weighted by molar-refractivity contribution is 6.34. The number of amides is 1. The number of alkyl carbamates (subject to hydrolysis) is 1. The zero-order chi connectivity index (χ0) is 15.5. The Bertz CT molecular complexity index is 776. The number of benzene rings is 1. The van der Waals surface area contributed by atoms with E-state index in [2.05, 4.69) is 22.1 Å². The molecule has 2 aromatic rings. The molecule has 0 radical (unpaired) electrons. The molecule has 2 heterocycles. The zero-order valence-electron chi connectivity index (χ0n) is 11.3. The number of nitrogens with zero attached hydrogens (tertiary/aromatic N) is 1. The normalized spacial score (nSPS) is 16.5. The number of hydrogen-bond acceptors (Lipinski definition) is 3. The molecule has 1 atom stereocenters. The standard InChI is InChI=1S/C16H10Cl2N2O2/c17-13-4-10(5-14(18)6-13)1-2-11-3-12(8-19-7-11)15-9-22-16(21)20-15/h3-8,15H,9H2,(H,20,21). The summed E-state index contributed by atoms with van der Waals surface area (Å²) >= 11 is 11.9. The van der Waals surface area contributed by atoms with Crippen LogP contribution in [0, 0.1) is 11.8 Å². The van der Waals surface area contributed by atoms with E-state index in [1.165, 1.54) is 0 Å². The summed E-state index contributed by atoms with van der Waals surface area (Å²) < 4.78 is 4.87. The van der Waals surface area contributed by atoms with Crippen LogP contribution < -0.4 is 5.32 Å². The number of carbonyl (C=O) groups is 1. The van der Waals surface area contributed by atoms with Gasteiger partial charge in [0, 0.05) is 33.6 Å². The highest BCUT2D eigenvalue weighted by Gasteiger charge is 2.23. The zero-order valence-corrected chi connectivity index (χ0v) is 12.8. The fourth-order valence-electron chi connectivity index (χ4n) is 2.05. The molecular formula is C16H10Cl2N2O2. The van der Waals surface area contributed by atoms with Crippen molar-refractivity contribution in [1.29, 1.82) is 0 Å². The van der Waals surface area contributed by atoms with Crippen molar-refractivity contribution < 1.29 is 9.53 Å². The lowest BCUT2D eigenvalue weighted by molar-refractivity contribution is 0.177. The maximum Gasteiger partial charge on any atom is 0.407 e. The Morgan fingerprint density at radius 3 is 2.50 bits per heavy atom. The second-order valence-electron chi connectivity index (χ2n) is 4.71. The molecular weight excluding hydrogens is 323 g/mol. The maximum absolute atomic E-state index is 11.1. The highest BCUT2D eigenvalue weighted by Crippen LogP contribution is 2.19. The van der Waals surface area contributed by atoms with Gasteiger partial charge in [-0.15, -0.1) is 0 Å². The molecule has 1 aromatic carbocycles. The van der Waals surface area contributed by atoms with E-state index >= 15 is 0 Å². The molecule has 3 rings (SSSR count). The number of pyridine rings is 1. The lowest BCUT2D eigenvalue weighted by Gasteiger charge is -2.06. The largest absolute Gasteiger partial charge is 0.447 e. The Morgan fingerprint density at radius 2 is 1.82 bits per heavy atom. The monoisotopic (exact) mass is 332 g/mol. The van der Waals surface area contributed by atoms with Gasteiger partial charge in [-0.2, -0.15) is 0 Å². The van der Waals surface area contributed by atoms with Crippen LogP contribution >= 0.6 is 23.2 Å². The van der Waals surface area contributed by atoms with E-state index in [1.54, 1.807) is 30.6 Å². The molecule has 0 aliphatic carbocycles. The predicted octanol–water partition coefficient (Wildman–Crippen LogP) is 3.57. The van der Waals surface area contributed by atoms with E-state index < -0.39 is 6.09 Å². The number of hydrogen-bond donors (Lipinski definition) is 1. The van der Waals surface area contributed by atoms with E-state index in [9.17, 15) is 4.79 Å². The van der Waals surface area contributed by atoms with Crippen LogP contribution in [0.1, 0.15) is 22.7 Å². The smallest absolute Gasteiger partial charge is 0.407 e. The van der Waals surface area contributed by atoms with Crippen molar-refractivity contribution in [3.8, 4) is 11.8 Å². The molecule has 6 heteroatoms. The molecule has 1 unspecified atom stereocenters. The Kier molecular flexibility index (Phi) is 4.19. The number of cyclic esters (lactones) is 1. The van der Waals surface area contributed by atoms with Gasteiger partial charge in [-0.05, 0) is 29.8 Å². The molecule has 1 aromatic heterocycles. The molecule has 1 aliphatic heterocycles. The molecule has 1 saturated heterocycles. The summed E-state index contributed by atoms with van der Waals surface area (Å²) in [6.07, 6.45) is 2.91. The van der Waals surface area contributed by atoms with Crippen molar-refractivity contribution >= 4 is 29.3 Å². The first-order valence-electron chi connectivity index (χ1n) is 6.46. The lowest BCUT2D eigenvalue weighted by atomic mass is 10.1. The second kappa shape index (κ2) is 6.27. The minimum atomic E-state index is -0.421. The number of ether oxygens (including phenoxy) is 1. The predicted molar refractivity (Wildman–Crippen MR) is 83.9 cm³/mol. The molecule has 0 bridgehead atoms. The number of nitrogens with one attached hydrogen (secondary N) is 1. The Morgan fingerprint density at radius 1 is 1.09 bits per heavy atom. The van der Waals surface area contributed by atoms with Crippen molar-refractivity contribution in [2.75, 3.05) is 6.61 Å². The van der Waals surface area contributed by atoms with Gasteiger partial charge in [0.05, 0.1) is 6.04 Å². The van der Waals surface area contributed by atoms with Gasteiger partial charge in [-0.25, -0.2) is 4.79 Å². The summed E-state index contributed by atoms with van der Waals surface area (Å²) in [6.45, 7) is 0.293. The fraction of sp³-hybridized carbons (Fsp3) is 0.125. The quantitative estimate of drug-likeness (QED) is 0.812. The van der Waals surface area contributed by atoms with Crippen LogP contribution in [0.15, 0.2) is 36.7 Å². The molecule has 110 valence electrons. The van der Waals surface area contributed by atoms with Crippen LogP contribution in [0.4, 0.5) is 4.79 Å². The number of halogens is 2. The first-order chi connectivity index (χ1) is 10.6. The fourth-order valence-corrected chi connectivity index (χ4v) is 2.58. The summed E-state index contributed by atoms with van der Waals surface area (Å²) in [5, 5.41) is 3.77. The average Bonchev–Trinajstić information content (AvgIpc) is 2.91. The highest BCUT2D eigenvalue weighted by atomic mass is 35.5. The average molecular weight is 333 g/mol. The van der Waals surface area contributed by atoms with Gasteiger partial charge < -0.3 is 10.1 Å². The van der Waals surface area contributed by atoms with Crippen LogP contribution in [0.5, 0.6) is 0 Å². The number of carbonyl (C=O) groups excluding carboxylic acids is 1. The molecule has 22 heavy (non-hydrogen) atoms. The summed E-state index contributed by atoms with van der Waals surface area (Å²) in [6, 6.07) is 6.80. The van der Waals surface area contributed by atoms with Crippen LogP contribution in [-0.2, 0) is 4.74 Å². The number of rotatable bonds is 1. The first kappa shape index (κ1) is 14.7. The maximum atomic E-state index is 11.1.